The number of halogens is 1. The average molecular weight is 496 g/mol. The van der Waals surface area contributed by atoms with Crippen molar-refractivity contribution in [3.05, 3.63) is 45.8 Å². The van der Waals surface area contributed by atoms with Crippen LogP contribution in [0.3, 0.4) is 0 Å². The highest BCUT2D eigenvalue weighted by Crippen LogP contribution is 2.33. The van der Waals surface area contributed by atoms with Crippen LogP contribution < -0.4 is 0 Å². The van der Waals surface area contributed by atoms with Crippen LogP contribution >= 0.6 is 15.9 Å². The lowest BCUT2D eigenvalue weighted by molar-refractivity contribution is -0.138. The van der Waals surface area contributed by atoms with E-state index in [0.717, 1.165) is 22.9 Å². The number of carbonyl (C=O) groups is 1. The van der Waals surface area contributed by atoms with E-state index in [0.29, 0.717) is 31.6 Å². The fourth-order valence-corrected chi connectivity index (χ4v) is 6.44. The fourth-order valence-electron chi connectivity index (χ4n) is 4.17. The first-order valence-corrected chi connectivity index (χ1v) is 12.5. The number of hydrogen-bond acceptors (Lipinski definition) is 5. The molecule has 162 valence electrons. The maximum absolute atomic E-state index is 13.4. The zero-order valence-electron chi connectivity index (χ0n) is 17.2. The second-order valence-electron chi connectivity index (χ2n) is 8.18. The van der Waals surface area contributed by atoms with Gasteiger partial charge in [-0.15, -0.1) is 0 Å². The lowest BCUT2D eigenvalue weighted by atomic mass is 9.97. The van der Waals surface area contributed by atoms with Crippen molar-refractivity contribution >= 4 is 31.9 Å². The van der Waals surface area contributed by atoms with Gasteiger partial charge in [0.1, 0.15) is 10.6 Å². The molecule has 2 heterocycles. The fraction of sp³-hybridized carbons (Fsp3) is 0.524. The van der Waals surface area contributed by atoms with Gasteiger partial charge >= 0.3 is 0 Å². The molecule has 1 atom stereocenters. The lowest BCUT2D eigenvalue weighted by Crippen LogP contribution is -2.47. The van der Waals surface area contributed by atoms with Gasteiger partial charge in [-0.1, -0.05) is 33.2 Å². The minimum Gasteiger partial charge on any atom is -0.360 e. The summed E-state index contributed by atoms with van der Waals surface area (Å²) in [6.07, 6.45) is 3.38. The third-order valence-corrected chi connectivity index (χ3v) is 8.42. The van der Waals surface area contributed by atoms with E-state index in [9.17, 15) is 13.2 Å². The molecule has 1 aromatic heterocycles. The summed E-state index contributed by atoms with van der Waals surface area (Å²) in [5.41, 5.74) is 1.43. The van der Waals surface area contributed by atoms with E-state index in [-0.39, 0.29) is 35.1 Å². The monoisotopic (exact) mass is 495 g/mol. The number of carbonyl (C=O) groups excluding carboxylic acids is 1. The Balaban J connectivity index is 1.52. The van der Waals surface area contributed by atoms with Crippen LogP contribution in [0.1, 0.15) is 42.7 Å². The zero-order chi connectivity index (χ0) is 21.5. The van der Waals surface area contributed by atoms with Gasteiger partial charge in [-0.05, 0) is 57.2 Å². The Labute approximate surface area is 185 Å². The number of rotatable bonds is 6. The molecule has 0 spiro atoms. The highest BCUT2D eigenvalue weighted by atomic mass is 79.9. The van der Waals surface area contributed by atoms with Crippen molar-refractivity contribution in [2.24, 2.45) is 5.92 Å². The van der Waals surface area contributed by atoms with Gasteiger partial charge in [-0.25, -0.2) is 8.42 Å². The second-order valence-corrected chi connectivity index (χ2v) is 11.0. The SMILES string of the molecule is Cc1noc(C)c1S(=O)(=O)N1CCCC(C(=O)N(Cc2cccc(Br)c2)C2CC2)C1. The van der Waals surface area contributed by atoms with Crippen molar-refractivity contribution in [1.29, 1.82) is 0 Å². The van der Waals surface area contributed by atoms with Crippen LogP contribution in [0.4, 0.5) is 0 Å². The van der Waals surface area contributed by atoms with Gasteiger partial charge in [-0.3, -0.25) is 4.79 Å². The smallest absolute Gasteiger partial charge is 0.248 e. The molecule has 9 heteroatoms. The number of nitrogens with zero attached hydrogens (tertiary/aromatic N) is 3. The molecule has 2 fully saturated rings. The van der Waals surface area contributed by atoms with Crippen LogP contribution in [-0.4, -0.2) is 47.8 Å². The Bertz CT molecular complexity index is 1030. The number of aromatic nitrogens is 1. The molecular formula is C21H26BrN3O4S. The molecule has 4 rings (SSSR count). The molecule has 0 N–H and O–H groups in total. The molecule has 1 saturated heterocycles. The quantitative estimate of drug-likeness (QED) is 0.610. The van der Waals surface area contributed by atoms with Crippen LogP contribution in [-0.2, 0) is 21.4 Å². The Morgan fingerprint density at radius 1 is 1.30 bits per heavy atom. The summed E-state index contributed by atoms with van der Waals surface area (Å²) in [5, 5.41) is 3.79. The van der Waals surface area contributed by atoms with Gasteiger partial charge in [0.15, 0.2) is 5.76 Å². The molecule has 1 aliphatic heterocycles. The molecule has 1 aliphatic carbocycles. The Kier molecular flexibility index (Phi) is 6.05. The Hall–Kier alpha value is -1.71. The third kappa shape index (κ3) is 4.33. The van der Waals surface area contributed by atoms with Crippen LogP contribution in [0.25, 0.3) is 0 Å². The molecule has 0 radical (unpaired) electrons. The molecule has 1 amide bonds. The van der Waals surface area contributed by atoms with Crippen molar-refractivity contribution in [3.63, 3.8) is 0 Å². The highest BCUT2D eigenvalue weighted by molar-refractivity contribution is 9.10. The maximum Gasteiger partial charge on any atom is 0.248 e. The summed E-state index contributed by atoms with van der Waals surface area (Å²) in [7, 11) is -3.74. The van der Waals surface area contributed by atoms with Crippen molar-refractivity contribution in [1.82, 2.24) is 14.4 Å². The number of amides is 1. The summed E-state index contributed by atoms with van der Waals surface area (Å²) in [5.74, 6) is 0.00750. The largest absolute Gasteiger partial charge is 0.360 e. The molecular weight excluding hydrogens is 470 g/mol. The normalized spacial score (nSPS) is 20.3. The summed E-state index contributed by atoms with van der Waals surface area (Å²) < 4.78 is 33.9. The number of aryl methyl sites for hydroxylation is 2. The molecule has 2 aliphatic rings. The number of benzene rings is 1. The molecule has 0 bridgehead atoms. The van der Waals surface area contributed by atoms with Crippen LogP contribution in [0.15, 0.2) is 38.2 Å². The minimum absolute atomic E-state index is 0.0520. The summed E-state index contributed by atoms with van der Waals surface area (Å²) in [4.78, 5) is 15.5. The molecule has 2 aromatic rings. The minimum atomic E-state index is -3.74. The van der Waals surface area contributed by atoms with E-state index < -0.39 is 10.0 Å². The Morgan fingerprint density at radius 3 is 2.70 bits per heavy atom. The van der Waals surface area contributed by atoms with E-state index in [1.165, 1.54) is 4.31 Å². The summed E-state index contributed by atoms with van der Waals surface area (Å²) >= 11 is 3.49. The molecule has 7 nitrogen and oxygen atoms in total. The van der Waals surface area contributed by atoms with E-state index in [2.05, 4.69) is 21.1 Å². The summed E-state index contributed by atoms with van der Waals surface area (Å²) in [6.45, 7) is 4.39. The van der Waals surface area contributed by atoms with Gasteiger partial charge in [0, 0.05) is 30.1 Å². The predicted octanol–water partition coefficient (Wildman–Crippen LogP) is 3.65. The number of sulfonamides is 1. The second kappa shape index (κ2) is 8.43. The van der Waals surface area contributed by atoms with Crippen molar-refractivity contribution < 1.29 is 17.7 Å². The predicted molar refractivity (Wildman–Crippen MR) is 115 cm³/mol. The zero-order valence-corrected chi connectivity index (χ0v) is 19.6. The van der Waals surface area contributed by atoms with Crippen molar-refractivity contribution in [2.75, 3.05) is 13.1 Å². The molecule has 1 aromatic carbocycles. The van der Waals surface area contributed by atoms with E-state index in [1.54, 1.807) is 13.8 Å². The van der Waals surface area contributed by atoms with Gasteiger partial charge in [0.2, 0.25) is 15.9 Å². The van der Waals surface area contributed by atoms with Gasteiger partial charge in [0.25, 0.3) is 0 Å². The standard InChI is InChI=1S/C21H26BrN3O4S/c1-14-20(15(2)29-23-14)30(27,28)24-10-4-6-17(13-24)21(26)25(19-8-9-19)12-16-5-3-7-18(22)11-16/h3,5,7,11,17,19H,4,6,8-10,12-13H2,1-2H3. The molecule has 30 heavy (non-hydrogen) atoms. The van der Waals surface area contributed by atoms with Crippen LogP contribution in [0.5, 0.6) is 0 Å². The van der Waals surface area contributed by atoms with Crippen molar-refractivity contribution in [3.8, 4) is 0 Å². The highest BCUT2D eigenvalue weighted by Gasteiger charge is 2.40. The van der Waals surface area contributed by atoms with Gasteiger partial charge in [-0.2, -0.15) is 4.31 Å². The van der Waals surface area contributed by atoms with Gasteiger partial charge < -0.3 is 9.42 Å². The first-order chi connectivity index (χ1) is 14.3. The number of hydrogen-bond donors (Lipinski definition) is 0. The van der Waals surface area contributed by atoms with Crippen LogP contribution in [0.2, 0.25) is 0 Å². The van der Waals surface area contributed by atoms with E-state index in [1.807, 2.05) is 29.2 Å². The molecule has 1 saturated carbocycles. The van der Waals surface area contributed by atoms with Crippen molar-refractivity contribution in [2.45, 2.75) is 57.0 Å². The first-order valence-electron chi connectivity index (χ1n) is 10.3. The van der Waals surface area contributed by atoms with E-state index >= 15 is 0 Å². The van der Waals surface area contributed by atoms with E-state index in [4.69, 9.17) is 4.52 Å². The first kappa shape index (κ1) is 21.5. The summed E-state index contributed by atoms with van der Waals surface area (Å²) in [6, 6.07) is 8.23. The topological polar surface area (TPSA) is 83.7 Å². The average Bonchev–Trinajstić information content (AvgIpc) is 3.49. The lowest BCUT2D eigenvalue weighted by Gasteiger charge is -2.34. The van der Waals surface area contributed by atoms with Gasteiger partial charge in [0.05, 0.1) is 5.92 Å². The molecule has 1 unspecified atom stereocenters. The van der Waals surface area contributed by atoms with Crippen LogP contribution in [0, 0.1) is 19.8 Å². The third-order valence-electron chi connectivity index (χ3n) is 5.81. The number of piperidine rings is 1. The Morgan fingerprint density at radius 2 is 2.07 bits per heavy atom. The maximum atomic E-state index is 13.4.